The lowest BCUT2D eigenvalue weighted by Gasteiger charge is -2.22. The molecule has 0 fully saturated rings. The lowest BCUT2D eigenvalue weighted by molar-refractivity contribution is 0.403. The Hall–Kier alpha value is -1.94. The van der Waals surface area contributed by atoms with Gasteiger partial charge in [-0.2, -0.15) is 0 Å². The van der Waals surface area contributed by atoms with Crippen LogP contribution in [0, 0.1) is 5.82 Å². The van der Waals surface area contributed by atoms with Gasteiger partial charge in [0.05, 0.1) is 13.2 Å². The van der Waals surface area contributed by atoms with Gasteiger partial charge in [-0.15, -0.1) is 0 Å². The molecule has 2 rings (SSSR count). The van der Waals surface area contributed by atoms with E-state index in [1.54, 1.807) is 19.4 Å². The van der Waals surface area contributed by atoms with Crippen LogP contribution in [-0.2, 0) is 6.42 Å². The number of halogens is 1. The molecule has 0 aliphatic rings. The number of ether oxygens (including phenoxy) is 1. The Balaban J connectivity index is 2.55. The van der Waals surface area contributed by atoms with Crippen molar-refractivity contribution >= 4 is 0 Å². The van der Waals surface area contributed by atoms with Crippen LogP contribution in [0.4, 0.5) is 4.39 Å². The van der Waals surface area contributed by atoms with E-state index in [-0.39, 0.29) is 11.9 Å². The lowest BCUT2D eigenvalue weighted by Crippen LogP contribution is -2.20. The SMILES string of the molecule is CCc1cnccc1C(NC)c1cc(F)ccc1OC. The van der Waals surface area contributed by atoms with Gasteiger partial charge >= 0.3 is 0 Å². The van der Waals surface area contributed by atoms with Crippen molar-refractivity contribution in [1.82, 2.24) is 10.3 Å². The molecule has 0 aliphatic heterocycles. The van der Waals surface area contributed by atoms with Crippen molar-refractivity contribution in [2.45, 2.75) is 19.4 Å². The smallest absolute Gasteiger partial charge is 0.124 e. The minimum absolute atomic E-state index is 0.126. The summed E-state index contributed by atoms with van der Waals surface area (Å²) in [4.78, 5) is 4.15. The maximum absolute atomic E-state index is 13.6. The molecule has 1 heterocycles. The summed E-state index contributed by atoms with van der Waals surface area (Å²) in [6, 6.07) is 6.41. The van der Waals surface area contributed by atoms with E-state index in [2.05, 4.69) is 17.2 Å². The summed E-state index contributed by atoms with van der Waals surface area (Å²) in [6.07, 6.45) is 4.48. The number of nitrogens with zero attached hydrogens (tertiary/aromatic N) is 1. The van der Waals surface area contributed by atoms with Crippen LogP contribution in [0.25, 0.3) is 0 Å². The first-order valence-electron chi connectivity index (χ1n) is 6.64. The maximum Gasteiger partial charge on any atom is 0.124 e. The van der Waals surface area contributed by atoms with E-state index in [0.29, 0.717) is 5.75 Å². The number of aryl methyl sites for hydroxylation is 1. The number of benzene rings is 1. The van der Waals surface area contributed by atoms with Gasteiger partial charge in [-0.1, -0.05) is 6.92 Å². The molecule has 1 aromatic carbocycles. The number of pyridine rings is 1. The van der Waals surface area contributed by atoms with E-state index in [9.17, 15) is 4.39 Å². The van der Waals surface area contributed by atoms with Gasteiger partial charge in [-0.25, -0.2) is 4.39 Å². The fraction of sp³-hybridized carbons (Fsp3) is 0.312. The zero-order chi connectivity index (χ0) is 14.5. The molecule has 0 amide bonds. The largest absolute Gasteiger partial charge is 0.496 e. The zero-order valence-corrected chi connectivity index (χ0v) is 12.0. The van der Waals surface area contributed by atoms with Crippen molar-refractivity contribution in [1.29, 1.82) is 0 Å². The van der Waals surface area contributed by atoms with Gasteiger partial charge in [-0.05, 0) is 48.9 Å². The van der Waals surface area contributed by atoms with Crippen LogP contribution in [0.1, 0.15) is 29.7 Å². The Morgan fingerprint density at radius 1 is 1.30 bits per heavy atom. The first kappa shape index (κ1) is 14.5. The molecule has 1 atom stereocenters. The Morgan fingerprint density at radius 2 is 2.10 bits per heavy atom. The van der Waals surface area contributed by atoms with Crippen LogP contribution in [0.3, 0.4) is 0 Å². The Morgan fingerprint density at radius 3 is 2.75 bits per heavy atom. The van der Waals surface area contributed by atoms with Crippen molar-refractivity contribution in [2.24, 2.45) is 0 Å². The second-order valence-corrected chi connectivity index (χ2v) is 4.54. The summed E-state index contributed by atoms with van der Waals surface area (Å²) < 4.78 is 18.9. The molecule has 0 saturated heterocycles. The molecule has 1 aromatic heterocycles. The van der Waals surface area contributed by atoms with Crippen LogP contribution in [0.2, 0.25) is 0 Å². The molecule has 3 nitrogen and oxygen atoms in total. The van der Waals surface area contributed by atoms with E-state index in [4.69, 9.17) is 4.74 Å². The van der Waals surface area contributed by atoms with Gasteiger partial charge in [-0.3, -0.25) is 4.98 Å². The summed E-state index contributed by atoms with van der Waals surface area (Å²) >= 11 is 0. The van der Waals surface area contributed by atoms with E-state index in [1.807, 2.05) is 19.3 Å². The summed E-state index contributed by atoms with van der Waals surface area (Å²) in [5.41, 5.74) is 3.02. The fourth-order valence-corrected chi connectivity index (χ4v) is 2.42. The second kappa shape index (κ2) is 6.48. The molecule has 0 spiro atoms. The summed E-state index contributed by atoms with van der Waals surface area (Å²) in [5, 5.41) is 3.24. The van der Waals surface area contributed by atoms with Crippen molar-refractivity contribution in [2.75, 3.05) is 14.2 Å². The Labute approximate surface area is 118 Å². The zero-order valence-electron chi connectivity index (χ0n) is 12.0. The molecule has 0 radical (unpaired) electrons. The van der Waals surface area contributed by atoms with Gasteiger partial charge < -0.3 is 10.1 Å². The predicted octanol–water partition coefficient (Wildman–Crippen LogP) is 3.10. The number of hydrogen-bond donors (Lipinski definition) is 1. The number of nitrogens with one attached hydrogen (secondary N) is 1. The normalized spacial score (nSPS) is 12.2. The van der Waals surface area contributed by atoms with Crippen molar-refractivity contribution in [3.63, 3.8) is 0 Å². The third-order valence-corrected chi connectivity index (χ3v) is 3.42. The minimum atomic E-state index is -0.270. The topological polar surface area (TPSA) is 34.2 Å². The predicted molar refractivity (Wildman–Crippen MR) is 77.5 cm³/mol. The van der Waals surface area contributed by atoms with Crippen LogP contribution in [-0.4, -0.2) is 19.1 Å². The molecular weight excluding hydrogens is 255 g/mol. The average molecular weight is 274 g/mol. The summed E-state index contributed by atoms with van der Waals surface area (Å²) in [5.74, 6) is 0.401. The van der Waals surface area contributed by atoms with Gasteiger partial charge in [0.25, 0.3) is 0 Å². The van der Waals surface area contributed by atoms with Crippen LogP contribution >= 0.6 is 0 Å². The highest BCUT2D eigenvalue weighted by atomic mass is 19.1. The number of rotatable bonds is 5. The highest BCUT2D eigenvalue weighted by Crippen LogP contribution is 2.32. The molecule has 4 heteroatoms. The van der Waals surface area contributed by atoms with Gasteiger partial charge in [0.1, 0.15) is 11.6 Å². The van der Waals surface area contributed by atoms with Crippen molar-refractivity contribution in [3.05, 3.63) is 59.2 Å². The molecule has 106 valence electrons. The molecule has 2 aromatic rings. The standard InChI is InChI=1S/C16H19FN2O/c1-4-11-10-19-8-7-13(11)16(18-2)14-9-12(17)5-6-15(14)20-3/h5-10,16,18H,4H2,1-3H3. The Kier molecular flexibility index (Phi) is 4.69. The minimum Gasteiger partial charge on any atom is -0.496 e. The Bertz CT molecular complexity index is 586. The van der Waals surface area contributed by atoms with Crippen molar-refractivity contribution < 1.29 is 9.13 Å². The van der Waals surface area contributed by atoms with E-state index < -0.39 is 0 Å². The number of hydrogen-bond acceptors (Lipinski definition) is 3. The molecular formula is C16H19FN2O. The lowest BCUT2D eigenvalue weighted by atomic mass is 9.94. The van der Waals surface area contributed by atoms with Gasteiger partial charge in [0.15, 0.2) is 0 Å². The van der Waals surface area contributed by atoms with Crippen molar-refractivity contribution in [3.8, 4) is 5.75 Å². The summed E-state index contributed by atoms with van der Waals surface area (Å²) in [7, 11) is 3.45. The van der Waals surface area contributed by atoms with E-state index >= 15 is 0 Å². The monoisotopic (exact) mass is 274 g/mol. The second-order valence-electron chi connectivity index (χ2n) is 4.54. The van der Waals surface area contributed by atoms with Crippen LogP contribution < -0.4 is 10.1 Å². The van der Waals surface area contributed by atoms with E-state index in [0.717, 1.165) is 23.1 Å². The number of methoxy groups -OCH3 is 1. The van der Waals surface area contributed by atoms with Crippen LogP contribution in [0.5, 0.6) is 5.75 Å². The average Bonchev–Trinajstić information content (AvgIpc) is 2.49. The van der Waals surface area contributed by atoms with Crippen LogP contribution in [0.15, 0.2) is 36.7 Å². The molecule has 1 unspecified atom stereocenters. The third-order valence-electron chi connectivity index (χ3n) is 3.42. The number of aromatic nitrogens is 1. The quantitative estimate of drug-likeness (QED) is 0.909. The molecule has 0 saturated carbocycles. The fourth-order valence-electron chi connectivity index (χ4n) is 2.42. The molecule has 20 heavy (non-hydrogen) atoms. The molecule has 0 aliphatic carbocycles. The molecule has 1 N–H and O–H groups in total. The van der Waals surface area contributed by atoms with Gasteiger partial charge in [0.2, 0.25) is 0 Å². The highest BCUT2D eigenvalue weighted by molar-refractivity contribution is 5.43. The molecule has 0 bridgehead atoms. The van der Waals surface area contributed by atoms with Gasteiger partial charge in [0, 0.05) is 18.0 Å². The van der Waals surface area contributed by atoms with E-state index in [1.165, 1.54) is 12.1 Å². The maximum atomic E-state index is 13.6. The third kappa shape index (κ3) is 2.80. The summed E-state index contributed by atoms with van der Waals surface area (Å²) in [6.45, 7) is 2.08. The highest BCUT2D eigenvalue weighted by Gasteiger charge is 2.19. The first-order chi connectivity index (χ1) is 9.71. The first-order valence-corrected chi connectivity index (χ1v) is 6.64.